The van der Waals surface area contributed by atoms with Crippen molar-refractivity contribution < 1.29 is 19.5 Å². The molecule has 2 aliphatic heterocycles. The summed E-state index contributed by atoms with van der Waals surface area (Å²) in [5.74, 6) is -1.04. The number of amides is 2. The molecule has 4 rings (SSSR count). The molecule has 2 atom stereocenters. The van der Waals surface area contributed by atoms with Crippen LogP contribution in [0.15, 0.2) is 45.0 Å². The molecule has 2 aromatic rings. The molecule has 0 radical (unpaired) electrons. The lowest BCUT2D eigenvalue weighted by Crippen LogP contribution is -2.70. The van der Waals surface area contributed by atoms with Gasteiger partial charge in [0.2, 0.25) is 11.1 Å². The van der Waals surface area contributed by atoms with E-state index in [1.807, 2.05) is 6.26 Å². The van der Waals surface area contributed by atoms with E-state index in [0.717, 1.165) is 4.34 Å². The lowest BCUT2D eigenvalue weighted by molar-refractivity contribution is -0.150. The fraction of sp³-hybridized carbons (Fsp3) is 0.316. The molecule has 0 bridgehead atoms. The van der Waals surface area contributed by atoms with Gasteiger partial charge in [-0.1, -0.05) is 41.7 Å². The summed E-state index contributed by atoms with van der Waals surface area (Å²) in [7, 11) is 0. The van der Waals surface area contributed by atoms with E-state index in [0.29, 0.717) is 33.5 Å². The first-order valence-electron chi connectivity index (χ1n) is 9.42. The Morgan fingerprint density at radius 2 is 2.16 bits per heavy atom. The molecule has 1 unspecified atom stereocenters. The van der Waals surface area contributed by atoms with Crippen LogP contribution in [0.25, 0.3) is 0 Å². The summed E-state index contributed by atoms with van der Waals surface area (Å²) in [5, 5.41) is 12.8. The number of fused-ring (bicyclic) bond motifs is 1. The Morgan fingerprint density at radius 3 is 2.84 bits per heavy atom. The zero-order valence-electron chi connectivity index (χ0n) is 16.8. The SMILES string of the molecule is CSc1nsc(SCC2=C(C(=O)O)N3C(=O)C(NC(=O)Cc4ccccc4N)[C@@H]3SC2)n1. The number of nitrogens with two attached hydrogens (primary N) is 1. The molecular formula is C19H19N5O4S4. The second-order valence-corrected chi connectivity index (χ2v) is 10.8. The lowest BCUT2D eigenvalue weighted by atomic mass is 10.0. The number of hydrogen-bond acceptors (Lipinski definition) is 10. The molecule has 13 heteroatoms. The molecule has 1 aromatic heterocycles. The minimum atomic E-state index is -1.15. The van der Waals surface area contributed by atoms with Crippen molar-refractivity contribution in [3.8, 4) is 0 Å². The standard InChI is InChI=1S/C19H19N5O4S4/c1-29-18-22-19(32-23-18)31-8-10-7-30-16-13(15(26)24(16)14(10)17(27)28)21-12(25)6-9-4-2-3-5-11(9)20/h2-5,13,16H,6-8,20H2,1H3,(H,21,25)(H,27,28)/t13?,16-/m0/s1. The second kappa shape index (κ2) is 9.73. The van der Waals surface area contributed by atoms with E-state index in [9.17, 15) is 19.5 Å². The van der Waals surface area contributed by atoms with E-state index < -0.39 is 23.3 Å². The molecule has 0 spiro atoms. The number of β-lactam (4-membered cyclic amide) rings is 1. The van der Waals surface area contributed by atoms with E-state index in [-0.39, 0.29) is 18.0 Å². The maximum Gasteiger partial charge on any atom is 0.352 e. The van der Waals surface area contributed by atoms with E-state index in [4.69, 9.17) is 5.73 Å². The number of anilines is 1. The number of carboxylic acids is 1. The normalized spacial score (nSPS) is 20.0. The van der Waals surface area contributed by atoms with Gasteiger partial charge in [0.05, 0.1) is 6.42 Å². The molecule has 168 valence electrons. The Hall–Kier alpha value is -2.22. The minimum Gasteiger partial charge on any atom is -0.477 e. The van der Waals surface area contributed by atoms with Crippen LogP contribution in [-0.4, -0.2) is 66.3 Å². The molecule has 32 heavy (non-hydrogen) atoms. The zero-order chi connectivity index (χ0) is 22.8. The molecule has 3 heterocycles. The zero-order valence-corrected chi connectivity index (χ0v) is 20.1. The molecule has 2 amide bonds. The van der Waals surface area contributed by atoms with Gasteiger partial charge in [-0.05, 0) is 35.0 Å². The van der Waals surface area contributed by atoms with Crippen molar-refractivity contribution in [2.75, 3.05) is 23.5 Å². The first-order chi connectivity index (χ1) is 15.4. The van der Waals surface area contributed by atoms with Gasteiger partial charge in [0, 0.05) is 17.2 Å². The highest BCUT2D eigenvalue weighted by Gasteiger charge is 2.54. The van der Waals surface area contributed by atoms with Crippen LogP contribution < -0.4 is 11.1 Å². The van der Waals surface area contributed by atoms with E-state index >= 15 is 0 Å². The van der Waals surface area contributed by atoms with Gasteiger partial charge in [0.25, 0.3) is 5.91 Å². The van der Waals surface area contributed by atoms with Crippen LogP contribution in [0, 0.1) is 0 Å². The highest BCUT2D eigenvalue weighted by Crippen LogP contribution is 2.41. The van der Waals surface area contributed by atoms with Crippen molar-refractivity contribution in [2.45, 2.75) is 27.3 Å². The van der Waals surface area contributed by atoms with Crippen LogP contribution in [0.2, 0.25) is 0 Å². The molecule has 1 saturated heterocycles. The van der Waals surface area contributed by atoms with Gasteiger partial charge in [-0.15, -0.1) is 11.8 Å². The number of hydrogen-bond donors (Lipinski definition) is 3. The van der Waals surface area contributed by atoms with E-state index in [1.165, 1.54) is 51.7 Å². The van der Waals surface area contributed by atoms with Crippen molar-refractivity contribution >= 4 is 70.3 Å². The summed E-state index contributed by atoms with van der Waals surface area (Å²) in [6.45, 7) is 0. The number of rotatable bonds is 8. The highest BCUT2D eigenvalue weighted by atomic mass is 32.2. The number of nitrogens with one attached hydrogen (secondary N) is 1. The van der Waals surface area contributed by atoms with Gasteiger partial charge in [0.1, 0.15) is 17.1 Å². The Morgan fingerprint density at radius 1 is 1.38 bits per heavy atom. The second-order valence-electron chi connectivity index (χ2n) is 6.92. The molecule has 4 N–H and O–H groups in total. The molecule has 9 nitrogen and oxygen atoms in total. The Bertz CT molecular complexity index is 1100. The van der Waals surface area contributed by atoms with Gasteiger partial charge in [-0.2, -0.15) is 4.37 Å². The van der Waals surface area contributed by atoms with Crippen molar-refractivity contribution in [1.82, 2.24) is 19.6 Å². The lowest BCUT2D eigenvalue weighted by Gasteiger charge is -2.49. The number of carbonyl (C=O) groups excluding carboxylic acids is 2. The number of nitrogen functional groups attached to an aromatic ring is 1. The van der Waals surface area contributed by atoms with Gasteiger partial charge in [0.15, 0.2) is 4.34 Å². The predicted octanol–water partition coefficient (Wildman–Crippen LogP) is 1.92. The van der Waals surface area contributed by atoms with Crippen molar-refractivity contribution in [3.05, 3.63) is 41.1 Å². The smallest absolute Gasteiger partial charge is 0.352 e. The highest BCUT2D eigenvalue weighted by molar-refractivity contribution is 8.02. The molecule has 0 saturated carbocycles. The van der Waals surface area contributed by atoms with Gasteiger partial charge in [-0.3, -0.25) is 14.5 Å². The fourth-order valence-electron chi connectivity index (χ4n) is 3.37. The quantitative estimate of drug-likeness (QED) is 0.275. The third-order valence-corrected chi connectivity index (χ3v) is 8.84. The van der Waals surface area contributed by atoms with Crippen LogP contribution in [0.4, 0.5) is 5.69 Å². The topological polar surface area (TPSA) is 139 Å². The average molecular weight is 510 g/mol. The molecular weight excluding hydrogens is 491 g/mol. The number of benzene rings is 1. The average Bonchev–Trinajstić information content (AvgIpc) is 3.25. The minimum absolute atomic E-state index is 0.00124. The van der Waals surface area contributed by atoms with Gasteiger partial charge >= 0.3 is 5.97 Å². The Balaban J connectivity index is 1.43. The largest absolute Gasteiger partial charge is 0.477 e. The van der Waals surface area contributed by atoms with Crippen LogP contribution in [0.5, 0.6) is 0 Å². The molecule has 1 fully saturated rings. The summed E-state index contributed by atoms with van der Waals surface area (Å²) in [6, 6.07) is 6.29. The summed E-state index contributed by atoms with van der Waals surface area (Å²) >= 11 is 5.56. The third kappa shape index (κ3) is 4.60. The van der Waals surface area contributed by atoms with Crippen LogP contribution >= 0.6 is 46.8 Å². The number of aromatic nitrogens is 2. The maximum absolute atomic E-state index is 12.8. The number of carboxylic acid groups (broad SMARTS) is 1. The predicted molar refractivity (Wildman–Crippen MR) is 127 cm³/mol. The molecule has 2 aliphatic rings. The third-order valence-electron chi connectivity index (χ3n) is 4.91. The first kappa shape index (κ1) is 23.0. The van der Waals surface area contributed by atoms with Crippen LogP contribution in [0.1, 0.15) is 5.56 Å². The van der Waals surface area contributed by atoms with Crippen molar-refractivity contribution in [3.63, 3.8) is 0 Å². The molecule has 1 aromatic carbocycles. The summed E-state index contributed by atoms with van der Waals surface area (Å²) < 4.78 is 4.95. The fourth-order valence-corrected chi connectivity index (χ4v) is 7.07. The van der Waals surface area contributed by atoms with E-state index in [2.05, 4.69) is 14.7 Å². The maximum atomic E-state index is 12.8. The monoisotopic (exact) mass is 509 g/mol. The number of aliphatic carboxylic acids is 1. The summed E-state index contributed by atoms with van der Waals surface area (Å²) in [5.41, 5.74) is 7.72. The van der Waals surface area contributed by atoms with Crippen molar-refractivity contribution in [2.24, 2.45) is 0 Å². The van der Waals surface area contributed by atoms with Gasteiger partial charge < -0.3 is 16.2 Å². The number of para-hydroxylation sites is 1. The van der Waals surface area contributed by atoms with Crippen LogP contribution in [0.3, 0.4) is 0 Å². The van der Waals surface area contributed by atoms with E-state index in [1.54, 1.807) is 24.3 Å². The number of carbonyl (C=O) groups is 3. The Kier molecular flexibility index (Phi) is 6.98. The van der Waals surface area contributed by atoms with Crippen LogP contribution in [-0.2, 0) is 20.8 Å². The van der Waals surface area contributed by atoms with Gasteiger partial charge in [-0.25, -0.2) is 9.78 Å². The number of nitrogens with zero attached hydrogens (tertiary/aromatic N) is 3. The summed E-state index contributed by atoms with van der Waals surface area (Å²) in [6.07, 6.45) is 1.94. The van der Waals surface area contributed by atoms with Crippen molar-refractivity contribution in [1.29, 1.82) is 0 Å². The first-order valence-corrected chi connectivity index (χ1v) is 13.5. The number of thioether (sulfide) groups is 3. The summed E-state index contributed by atoms with van der Waals surface area (Å²) in [4.78, 5) is 42.8. The Labute approximate surface area is 200 Å². The molecule has 0 aliphatic carbocycles.